The van der Waals surface area contributed by atoms with Crippen LogP contribution in [0.2, 0.25) is 0 Å². The van der Waals surface area contributed by atoms with Gasteiger partial charge in [0.2, 0.25) is 0 Å². The Kier molecular flexibility index (Phi) is 4.46. The predicted molar refractivity (Wildman–Crippen MR) is 67.2 cm³/mol. The van der Waals surface area contributed by atoms with E-state index in [1.54, 1.807) is 12.1 Å². The van der Waals surface area contributed by atoms with Crippen LogP contribution < -0.4 is 10.1 Å². The number of benzene rings is 1. The Balaban J connectivity index is 1.99. The van der Waals surface area contributed by atoms with Crippen molar-refractivity contribution >= 4 is 0 Å². The van der Waals surface area contributed by atoms with Crippen LogP contribution in [-0.4, -0.2) is 17.2 Å². The van der Waals surface area contributed by atoms with Gasteiger partial charge in [-0.2, -0.15) is 4.98 Å². The molecule has 0 saturated heterocycles. The third-order valence-electron chi connectivity index (χ3n) is 2.55. The Hall–Kier alpha value is -1.95. The third kappa shape index (κ3) is 3.51. The lowest BCUT2D eigenvalue weighted by molar-refractivity contribution is 0.234. The summed E-state index contributed by atoms with van der Waals surface area (Å²) in [5, 5.41) is 6.70. The van der Waals surface area contributed by atoms with Crippen molar-refractivity contribution in [2.75, 3.05) is 7.05 Å². The molecule has 1 N–H and O–H groups in total. The van der Waals surface area contributed by atoms with E-state index < -0.39 is 5.82 Å². The van der Waals surface area contributed by atoms with E-state index in [-0.39, 0.29) is 12.4 Å². The second-order valence-corrected chi connectivity index (χ2v) is 4.04. The van der Waals surface area contributed by atoms with Crippen LogP contribution in [0.3, 0.4) is 0 Å². The van der Waals surface area contributed by atoms with Gasteiger partial charge in [-0.15, -0.1) is 0 Å². The summed E-state index contributed by atoms with van der Waals surface area (Å²) < 4.78 is 24.0. The summed E-state index contributed by atoms with van der Waals surface area (Å²) in [6, 6.07) is 4.84. The number of nitrogens with one attached hydrogen (secondary N) is 1. The van der Waals surface area contributed by atoms with E-state index in [1.807, 2.05) is 14.0 Å². The molecule has 0 atom stereocenters. The van der Waals surface area contributed by atoms with E-state index in [0.29, 0.717) is 24.7 Å². The minimum absolute atomic E-state index is 0.0648. The molecule has 5 nitrogen and oxygen atoms in total. The highest BCUT2D eigenvalue weighted by atomic mass is 19.1. The van der Waals surface area contributed by atoms with E-state index in [9.17, 15) is 4.39 Å². The summed E-state index contributed by atoms with van der Waals surface area (Å²) in [5.74, 6) is 0.734. The van der Waals surface area contributed by atoms with Crippen molar-refractivity contribution in [2.24, 2.45) is 0 Å². The second-order valence-electron chi connectivity index (χ2n) is 4.04. The zero-order chi connectivity index (χ0) is 13.7. The van der Waals surface area contributed by atoms with Crippen LogP contribution in [0.1, 0.15) is 24.2 Å². The Morgan fingerprint density at radius 2 is 2.26 bits per heavy atom. The Morgan fingerprint density at radius 1 is 1.42 bits per heavy atom. The second kappa shape index (κ2) is 6.29. The SMILES string of the molecule is CCc1noc(COc2ccc(CNC)cc2F)n1. The molecule has 0 saturated carbocycles. The minimum Gasteiger partial charge on any atom is -0.481 e. The van der Waals surface area contributed by atoms with Gasteiger partial charge in [0.25, 0.3) is 5.89 Å². The maximum absolute atomic E-state index is 13.7. The molecule has 0 aliphatic carbocycles. The highest BCUT2D eigenvalue weighted by Crippen LogP contribution is 2.19. The van der Waals surface area contributed by atoms with Crippen LogP contribution in [0.5, 0.6) is 5.75 Å². The third-order valence-corrected chi connectivity index (χ3v) is 2.55. The zero-order valence-electron chi connectivity index (χ0n) is 10.9. The topological polar surface area (TPSA) is 60.2 Å². The molecular formula is C13H16FN3O2. The monoisotopic (exact) mass is 265 g/mol. The van der Waals surface area contributed by atoms with Crippen molar-refractivity contribution in [3.63, 3.8) is 0 Å². The van der Waals surface area contributed by atoms with Crippen molar-refractivity contribution in [3.05, 3.63) is 41.3 Å². The molecule has 1 aromatic heterocycles. The van der Waals surface area contributed by atoms with E-state index in [2.05, 4.69) is 15.5 Å². The van der Waals surface area contributed by atoms with Crippen molar-refractivity contribution in [1.29, 1.82) is 0 Å². The highest BCUT2D eigenvalue weighted by molar-refractivity contribution is 5.29. The summed E-state index contributed by atoms with van der Waals surface area (Å²) in [7, 11) is 1.81. The molecule has 2 rings (SSSR count). The molecule has 0 fully saturated rings. The molecule has 19 heavy (non-hydrogen) atoms. The molecule has 102 valence electrons. The van der Waals surface area contributed by atoms with Crippen LogP contribution in [-0.2, 0) is 19.6 Å². The highest BCUT2D eigenvalue weighted by Gasteiger charge is 2.08. The smallest absolute Gasteiger partial charge is 0.264 e. The number of hydrogen-bond donors (Lipinski definition) is 1. The van der Waals surface area contributed by atoms with Gasteiger partial charge in [0, 0.05) is 13.0 Å². The molecular weight excluding hydrogens is 249 g/mol. The van der Waals surface area contributed by atoms with E-state index in [4.69, 9.17) is 9.26 Å². The first-order valence-corrected chi connectivity index (χ1v) is 6.10. The molecule has 0 bridgehead atoms. The Bertz CT molecular complexity index is 542. The lowest BCUT2D eigenvalue weighted by Crippen LogP contribution is -2.05. The van der Waals surface area contributed by atoms with Crippen molar-refractivity contribution in [3.8, 4) is 5.75 Å². The Morgan fingerprint density at radius 3 is 2.89 bits per heavy atom. The van der Waals surface area contributed by atoms with Gasteiger partial charge in [0.15, 0.2) is 24.0 Å². The number of halogens is 1. The van der Waals surface area contributed by atoms with Gasteiger partial charge in [-0.05, 0) is 24.7 Å². The number of aromatic nitrogens is 2. The quantitative estimate of drug-likeness (QED) is 0.866. The van der Waals surface area contributed by atoms with Gasteiger partial charge in [-0.3, -0.25) is 0 Å². The van der Waals surface area contributed by atoms with Crippen LogP contribution in [0, 0.1) is 5.82 Å². The van der Waals surface area contributed by atoms with Crippen LogP contribution >= 0.6 is 0 Å². The number of nitrogens with zero attached hydrogens (tertiary/aromatic N) is 2. The van der Waals surface area contributed by atoms with Crippen LogP contribution in [0.15, 0.2) is 22.7 Å². The molecule has 0 amide bonds. The zero-order valence-corrected chi connectivity index (χ0v) is 10.9. The summed E-state index contributed by atoms with van der Waals surface area (Å²) in [5.41, 5.74) is 0.860. The van der Waals surface area contributed by atoms with Crippen LogP contribution in [0.4, 0.5) is 4.39 Å². The fourth-order valence-corrected chi connectivity index (χ4v) is 1.61. The predicted octanol–water partition coefficient (Wildman–Crippen LogP) is 2.07. The van der Waals surface area contributed by atoms with Gasteiger partial charge in [0.1, 0.15) is 0 Å². The summed E-state index contributed by atoms with van der Waals surface area (Å²) in [6.45, 7) is 2.60. The molecule has 0 aliphatic rings. The molecule has 1 heterocycles. The lowest BCUT2D eigenvalue weighted by Gasteiger charge is -2.06. The maximum Gasteiger partial charge on any atom is 0.264 e. The first kappa shape index (κ1) is 13.5. The summed E-state index contributed by atoms with van der Waals surface area (Å²) in [4.78, 5) is 4.09. The minimum atomic E-state index is -0.400. The maximum atomic E-state index is 13.7. The van der Waals surface area contributed by atoms with Gasteiger partial charge in [-0.1, -0.05) is 18.1 Å². The van der Waals surface area contributed by atoms with Crippen molar-refractivity contribution in [2.45, 2.75) is 26.5 Å². The van der Waals surface area contributed by atoms with Crippen molar-refractivity contribution in [1.82, 2.24) is 15.5 Å². The average Bonchev–Trinajstić information content (AvgIpc) is 2.86. The molecule has 0 aliphatic heterocycles. The summed E-state index contributed by atoms with van der Waals surface area (Å²) >= 11 is 0. The molecule has 2 aromatic rings. The van der Waals surface area contributed by atoms with Gasteiger partial charge >= 0.3 is 0 Å². The lowest BCUT2D eigenvalue weighted by atomic mass is 10.2. The van der Waals surface area contributed by atoms with Crippen LogP contribution in [0.25, 0.3) is 0 Å². The van der Waals surface area contributed by atoms with E-state index in [0.717, 1.165) is 5.56 Å². The first-order valence-electron chi connectivity index (χ1n) is 6.10. The van der Waals surface area contributed by atoms with E-state index in [1.165, 1.54) is 6.07 Å². The van der Waals surface area contributed by atoms with Gasteiger partial charge < -0.3 is 14.6 Å². The first-order chi connectivity index (χ1) is 9.22. The number of ether oxygens (including phenoxy) is 1. The fourth-order valence-electron chi connectivity index (χ4n) is 1.61. The molecule has 0 spiro atoms. The number of rotatable bonds is 6. The Labute approximate surface area is 110 Å². The number of hydrogen-bond acceptors (Lipinski definition) is 5. The normalized spacial score (nSPS) is 10.7. The molecule has 1 aromatic carbocycles. The molecule has 6 heteroatoms. The largest absolute Gasteiger partial charge is 0.481 e. The fraction of sp³-hybridized carbons (Fsp3) is 0.385. The van der Waals surface area contributed by atoms with Crippen molar-refractivity contribution < 1.29 is 13.7 Å². The standard InChI is InChI=1S/C13H16FN3O2/c1-3-12-16-13(19-17-12)8-18-11-5-4-9(7-15-2)6-10(11)14/h4-6,15H,3,7-8H2,1-2H3. The number of aryl methyl sites for hydroxylation is 1. The van der Waals surface area contributed by atoms with Gasteiger partial charge in [-0.25, -0.2) is 4.39 Å². The van der Waals surface area contributed by atoms with E-state index >= 15 is 0 Å². The summed E-state index contributed by atoms with van der Waals surface area (Å²) in [6.07, 6.45) is 0.691. The molecule has 0 radical (unpaired) electrons. The molecule has 0 unspecified atom stereocenters. The average molecular weight is 265 g/mol. The van der Waals surface area contributed by atoms with Gasteiger partial charge in [0.05, 0.1) is 0 Å².